The largest absolute Gasteiger partial charge is 0.497 e. The minimum absolute atomic E-state index is 0.204. The zero-order chi connectivity index (χ0) is 24.2. The van der Waals surface area contributed by atoms with Crippen LogP contribution in [0, 0.1) is 17.2 Å². The van der Waals surface area contributed by atoms with Crippen molar-refractivity contribution in [3.05, 3.63) is 67.1 Å². The lowest BCUT2D eigenvalue weighted by Gasteiger charge is -2.29. The standard InChI is InChI=1S/C29H30N4O2/c1-34-25-8-6-22(7-9-25)23-16-24(19-31-18-23)27-20-33(29-26(27)4-3-5-28(29)35-2)15-14-32-12-10-21(17-30)11-13-32/h3-9,16,18-21H,10-15H2,1-2H3. The second kappa shape index (κ2) is 10.2. The number of ether oxygens (including phenoxy) is 2. The van der Waals surface area contributed by atoms with Crippen LogP contribution >= 0.6 is 0 Å². The SMILES string of the molecule is COc1ccc(-c2cncc(-c3cn(CCN4CCC(C#N)CC4)c4c(OC)cccc34)c2)cc1. The van der Waals surface area contributed by atoms with Gasteiger partial charge in [-0.2, -0.15) is 5.26 Å². The van der Waals surface area contributed by atoms with E-state index in [4.69, 9.17) is 9.47 Å². The van der Waals surface area contributed by atoms with E-state index in [0.29, 0.717) is 0 Å². The highest BCUT2D eigenvalue weighted by atomic mass is 16.5. The summed E-state index contributed by atoms with van der Waals surface area (Å²) in [5.41, 5.74) is 5.48. The highest BCUT2D eigenvalue weighted by Crippen LogP contribution is 2.37. The molecule has 1 fully saturated rings. The summed E-state index contributed by atoms with van der Waals surface area (Å²) in [6.07, 6.45) is 7.97. The predicted molar refractivity (Wildman–Crippen MR) is 138 cm³/mol. The number of likely N-dealkylation sites (tertiary alicyclic amines) is 1. The molecule has 0 atom stereocenters. The van der Waals surface area contributed by atoms with E-state index in [0.717, 1.165) is 83.7 Å². The Labute approximate surface area is 206 Å². The van der Waals surface area contributed by atoms with Gasteiger partial charge in [-0.15, -0.1) is 0 Å². The van der Waals surface area contributed by atoms with Crippen LogP contribution in [0.2, 0.25) is 0 Å². The van der Waals surface area contributed by atoms with Gasteiger partial charge in [0.15, 0.2) is 0 Å². The minimum Gasteiger partial charge on any atom is -0.497 e. The number of rotatable bonds is 7. The Balaban J connectivity index is 1.47. The maximum Gasteiger partial charge on any atom is 0.143 e. The summed E-state index contributed by atoms with van der Waals surface area (Å²) in [6.45, 7) is 3.77. The molecule has 1 aliphatic heterocycles. The van der Waals surface area contributed by atoms with Crippen LogP contribution in [0.3, 0.4) is 0 Å². The van der Waals surface area contributed by atoms with Crippen molar-refractivity contribution in [3.8, 4) is 39.8 Å². The predicted octanol–water partition coefficient (Wildman–Crippen LogP) is 5.62. The average Bonchev–Trinajstić information content (AvgIpc) is 3.31. The maximum atomic E-state index is 9.19. The maximum absolute atomic E-state index is 9.19. The van der Waals surface area contributed by atoms with Gasteiger partial charge >= 0.3 is 0 Å². The van der Waals surface area contributed by atoms with Gasteiger partial charge in [0.05, 0.1) is 25.8 Å². The minimum atomic E-state index is 0.204. The number of pyridine rings is 1. The van der Waals surface area contributed by atoms with Crippen molar-refractivity contribution in [3.63, 3.8) is 0 Å². The summed E-state index contributed by atoms with van der Waals surface area (Å²) in [5.74, 6) is 1.91. The first kappa shape index (κ1) is 22.9. The van der Waals surface area contributed by atoms with Gasteiger partial charge in [-0.25, -0.2) is 0 Å². The normalized spacial score (nSPS) is 14.7. The molecule has 3 heterocycles. The number of para-hydroxylation sites is 1. The van der Waals surface area contributed by atoms with Crippen molar-refractivity contribution in [2.24, 2.45) is 5.92 Å². The number of hydrogen-bond donors (Lipinski definition) is 0. The van der Waals surface area contributed by atoms with Crippen LogP contribution in [-0.4, -0.2) is 48.3 Å². The van der Waals surface area contributed by atoms with Gasteiger partial charge < -0.3 is 18.9 Å². The molecular formula is C29H30N4O2. The molecule has 0 radical (unpaired) electrons. The monoisotopic (exact) mass is 466 g/mol. The van der Waals surface area contributed by atoms with E-state index in [1.54, 1.807) is 14.2 Å². The van der Waals surface area contributed by atoms with Crippen LogP contribution in [0.25, 0.3) is 33.2 Å². The van der Waals surface area contributed by atoms with E-state index >= 15 is 0 Å². The molecule has 0 spiro atoms. The molecular weight excluding hydrogens is 436 g/mol. The molecule has 0 aliphatic carbocycles. The topological polar surface area (TPSA) is 63.3 Å². The van der Waals surface area contributed by atoms with Gasteiger partial charge in [-0.05, 0) is 55.8 Å². The first-order valence-corrected chi connectivity index (χ1v) is 12.1. The van der Waals surface area contributed by atoms with E-state index in [1.807, 2.05) is 36.7 Å². The third kappa shape index (κ3) is 4.73. The highest BCUT2D eigenvalue weighted by Gasteiger charge is 2.20. The van der Waals surface area contributed by atoms with Crippen molar-refractivity contribution in [1.82, 2.24) is 14.5 Å². The number of nitrogens with zero attached hydrogens (tertiary/aromatic N) is 4. The second-order valence-corrected chi connectivity index (χ2v) is 9.03. The molecule has 4 aromatic rings. The van der Waals surface area contributed by atoms with E-state index in [2.05, 4.69) is 51.0 Å². The zero-order valence-electron chi connectivity index (χ0n) is 20.3. The number of benzene rings is 2. The number of fused-ring (bicyclic) bond motifs is 1. The molecule has 1 saturated heterocycles. The molecule has 0 N–H and O–H groups in total. The number of methoxy groups -OCH3 is 2. The Morgan fingerprint density at radius 1 is 0.943 bits per heavy atom. The van der Waals surface area contributed by atoms with Crippen LogP contribution < -0.4 is 9.47 Å². The summed E-state index contributed by atoms with van der Waals surface area (Å²) in [7, 11) is 3.40. The summed E-state index contributed by atoms with van der Waals surface area (Å²) in [6, 6.07) is 18.9. The van der Waals surface area contributed by atoms with Crippen LogP contribution in [0.15, 0.2) is 67.1 Å². The molecule has 35 heavy (non-hydrogen) atoms. The lowest BCUT2D eigenvalue weighted by Crippen LogP contribution is -2.35. The Bertz CT molecular complexity index is 1350. The van der Waals surface area contributed by atoms with E-state index in [9.17, 15) is 5.26 Å². The quantitative estimate of drug-likeness (QED) is 0.354. The summed E-state index contributed by atoms with van der Waals surface area (Å²) in [4.78, 5) is 7.03. The van der Waals surface area contributed by atoms with Gasteiger partial charge in [-0.1, -0.05) is 24.3 Å². The fourth-order valence-electron chi connectivity index (χ4n) is 4.96. The summed E-state index contributed by atoms with van der Waals surface area (Å²) >= 11 is 0. The zero-order valence-corrected chi connectivity index (χ0v) is 20.3. The number of piperidine rings is 1. The Morgan fingerprint density at radius 2 is 1.71 bits per heavy atom. The fourth-order valence-corrected chi connectivity index (χ4v) is 4.96. The number of nitriles is 1. The molecule has 0 unspecified atom stereocenters. The van der Waals surface area contributed by atoms with Gasteiger partial charge in [0.1, 0.15) is 11.5 Å². The lowest BCUT2D eigenvalue weighted by atomic mass is 9.99. The molecule has 2 aromatic heterocycles. The number of hydrogen-bond acceptors (Lipinski definition) is 5. The van der Waals surface area contributed by atoms with Crippen molar-refractivity contribution >= 4 is 10.9 Å². The Morgan fingerprint density at radius 3 is 2.43 bits per heavy atom. The molecule has 1 aliphatic rings. The van der Waals surface area contributed by atoms with Crippen molar-refractivity contribution < 1.29 is 9.47 Å². The second-order valence-electron chi connectivity index (χ2n) is 9.03. The molecule has 0 bridgehead atoms. The smallest absolute Gasteiger partial charge is 0.143 e. The molecule has 5 rings (SSSR count). The van der Waals surface area contributed by atoms with Gasteiger partial charge in [0.2, 0.25) is 0 Å². The van der Waals surface area contributed by atoms with E-state index in [1.165, 1.54) is 0 Å². The van der Waals surface area contributed by atoms with Gasteiger partial charge in [-0.3, -0.25) is 4.98 Å². The molecule has 6 heteroatoms. The Kier molecular flexibility index (Phi) is 6.69. The Hall–Kier alpha value is -3.82. The van der Waals surface area contributed by atoms with Crippen molar-refractivity contribution in [1.29, 1.82) is 5.26 Å². The highest BCUT2D eigenvalue weighted by molar-refractivity contribution is 5.99. The third-order valence-corrected chi connectivity index (χ3v) is 6.98. The summed E-state index contributed by atoms with van der Waals surface area (Å²) in [5, 5.41) is 10.3. The first-order valence-electron chi connectivity index (χ1n) is 12.1. The molecule has 6 nitrogen and oxygen atoms in total. The molecule has 178 valence electrons. The fraction of sp³-hybridized carbons (Fsp3) is 0.310. The summed E-state index contributed by atoms with van der Waals surface area (Å²) < 4.78 is 13.4. The van der Waals surface area contributed by atoms with E-state index < -0.39 is 0 Å². The molecule has 0 saturated carbocycles. The van der Waals surface area contributed by atoms with Crippen LogP contribution in [0.5, 0.6) is 11.5 Å². The van der Waals surface area contributed by atoms with Crippen molar-refractivity contribution in [2.45, 2.75) is 19.4 Å². The van der Waals surface area contributed by atoms with Gasteiger partial charge in [0, 0.05) is 59.7 Å². The van der Waals surface area contributed by atoms with Crippen molar-refractivity contribution in [2.75, 3.05) is 33.9 Å². The van der Waals surface area contributed by atoms with Gasteiger partial charge in [0.25, 0.3) is 0 Å². The van der Waals surface area contributed by atoms with Crippen LogP contribution in [0.4, 0.5) is 0 Å². The third-order valence-electron chi connectivity index (χ3n) is 6.98. The number of aromatic nitrogens is 2. The van der Waals surface area contributed by atoms with E-state index in [-0.39, 0.29) is 5.92 Å². The first-order chi connectivity index (χ1) is 17.2. The van der Waals surface area contributed by atoms with Crippen LogP contribution in [-0.2, 0) is 6.54 Å². The average molecular weight is 467 g/mol. The molecule has 2 aromatic carbocycles. The van der Waals surface area contributed by atoms with Crippen LogP contribution in [0.1, 0.15) is 12.8 Å². The molecule has 0 amide bonds. The lowest BCUT2D eigenvalue weighted by molar-refractivity contribution is 0.199.